The highest BCUT2D eigenvalue weighted by Crippen LogP contribution is 2.24. The number of rotatable bonds is 4. The van der Waals surface area contributed by atoms with Crippen molar-refractivity contribution < 1.29 is 9.59 Å². The molecule has 1 aliphatic rings. The van der Waals surface area contributed by atoms with E-state index in [2.05, 4.69) is 4.98 Å². The minimum Gasteiger partial charge on any atom is -0.338 e. The van der Waals surface area contributed by atoms with Crippen molar-refractivity contribution >= 4 is 22.6 Å². The molecule has 0 N–H and O–H groups in total. The van der Waals surface area contributed by atoms with Crippen molar-refractivity contribution in [2.45, 2.75) is 26.2 Å². The number of hydrogen-bond acceptors (Lipinski definition) is 3. The molecule has 0 radical (unpaired) electrons. The highest BCUT2D eigenvalue weighted by molar-refractivity contribution is 6.06. The molecule has 2 heterocycles. The van der Waals surface area contributed by atoms with Crippen molar-refractivity contribution in [3.63, 3.8) is 0 Å². The molecule has 4 nitrogen and oxygen atoms in total. The number of ketones is 1. The molecule has 0 unspecified atom stereocenters. The third kappa shape index (κ3) is 3.81. The molecule has 3 aromatic rings. The van der Waals surface area contributed by atoms with Crippen LogP contribution in [0.25, 0.3) is 10.9 Å². The molecule has 0 bridgehead atoms. The molecule has 0 aliphatic carbocycles. The number of amides is 1. The molecule has 1 amide bonds. The zero-order valence-electron chi connectivity index (χ0n) is 16.1. The highest BCUT2D eigenvalue weighted by atomic mass is 16.2. The van der Waals surface area contributed by atoms with Crippen LogP contribution in [-0.4, -0.2) is 34.7 Å². The number of Topliss-reactive ketones (excluding diaryl/α,β-unsaturated/α-hetero) is 1. The van der Waals surface area contributed by atoms with Gasteiger partial charge >= 0.3 is 0 Å². The Morgan fingerprint density at radius 1 is 1.07 bits per heavy atom. The van der Waals surface area contributed by atoms with E-state index in [1.807, 2.05) is 72.5 Å². The smallest absolute Gasteiger partial charge is 0.254 e. The molecule has 2 aromatic carbocycles. The minimum atomic E-state index is -0.0906. The maximum Gasteiger partial charge on any atom is 0.254 e. The van der Waals surface area contributed by atoms with Crippen LogP contribution in [0.15, 0.2) is 60.7 Å². The van der Waals surface area contributed by atoms with Gasteiger partial charge < -0.3 is 4.90 Å². The topological polar surface area (TPSA) is 50.3 Å². The van der Waals surface area contributed by atoms with Crippen LogP contribution in [0.1, 0.15) is 34.5 Å². The van der Waals surface area contributed by atoms with Gasteiger partial charge in [0.25, 0.3) is 5.91 Å². The number of fused-ring (bicyclic) bond motifs is 1. The Labute approximate surface area is 165 Å². The second-order valence-corrected chi connectivity index (χ2v) is 7.55. The Kier molecular flexibility index (Phi) is 5.20. The van der Waals surface area contributed by atoms with E-state index in [0.29, 0.717) is 25.1 Å². The van der Waals surface area contributed by atoms with Crippen molar-refractivity contribution in [2.24, 2.45) is 5.92 Å². The summed E-state index contributed by atoms with van der Waals surface area (Å²) >= 11 is 0. The number of pyridine rings is 1. The largest absolute Gasteiger partial charge is 0.338 e. The Morgan fingerprint density at radius 3 is 2.64 bits per heavy atom. The van der Waals surface area contributed by atoms with Gasteiger partial charge in [0.05, 0.1) is 11.1 Å². The summed E-state index contributed by atoms with van der Waals surface area (Å²) in [7, 11) is 0. The first-order valence-corrected chi connectivity index (χ1v) is 9.84. The average Bonchev–Trinajstić information content (AvgIpc) is 2.73. The molecule has 0 spiro atoms. The van der Waals surface area contributed by atoms with Crippen LogP contribution in [-0.2, 0) is 11.2 Å². The number of para-hydroxylation sites is 1. The standard InChI is InChI=1S/C24H24N2O2/c1-17-14-21(20-11-5-6-12-22(20)25-17)24(28)26-13-7-10-19(16-26)23(27)15-18-8-3-2-4-9-18/h2-6,8-9,11-12,14,19H,7,10,13,15-16H2,1H3/t19-/m1/s1. The van der Waals surface area contributed by atoms with Gasteiger partial charge in [0.1, 0.15) is 5.78 Å². The lowest BCUT2D eigenvalue weighted by molar-refractivity contribution is -0.123. The third-order valence-corrected chi connectivity index (χ3v) is 5.46. The lowest BCUT2D eigenvalue weighted by Crippen LogP contribution is -2.42. The van der Waals surface area contributed by atoms with Crippen molar-refractivity contribution in [1.29, 1.82) is 0 Å². The lowest BCUT2D eigenvalue weighted by atomic mass is 9.90. The fourth-order valence-electron chi connectivity index (χ4n) is 4.02. The van der Waals surface area contributed by atoms with Gasteiger partial charge in [-0.05, 0) is 37.5 Å². The lowest BCUT2D eigenvalue weighted by Gasteiger charge is -2.32. The number of aryl methyl sites for hydroxylation is 1. The molecule has 142 valence electrons. The summed E-state index contributed by atoms with van der Waals surface area (Å²) in [6, 6.07) is 19.4. The van der Waals surface area contributed by atoms with E-state index in [1.165, 1.54) is 0 Å². The Bertz CT molecular complexity index is 1010. The maximum atomic E-state index is 13.3. The average molecular weight is 372 g/mol. The van der Waals surface area contributed by atoms with Gasteiger partial charge in [-0.25, -0.2) is 0 Å². The van der Waals surface area contributed by atoms with Crippen molar-refractivity contribution in [3.8, 4) is 0 Å². The second-order valence-electron chi connectivity index (χ2n) is 7.55. The Hall–Kier alpha value is -3.01. The van der Waals surface area contributed by atoms with Gasteiger partial charge in [0.15, 0.2) is 0 Å². The number of benzene rings is 2. The van der Waals surface area contributed by atoms with Crippen molar-refractivity contribution in [1.82, 2.24) is 9.88 Å². The maximum absolute atomic E-state index is 13.3. The Balaban J connectivity index is 1.53. The predicted octanol–water partition coefficient (Wildman–Crippen LogP) is 4.21. The van der Waals surface area contributed by atoms with E-state index >= 15 is 0 Å². The van der Waals surface area contributed by atoms with Gasteiger partial charge in [-0.15, -0.1) is 0 Å². The second kappa shape index (κ2) is 7.93. The zero-order chi connectivity index (χ0) is 19.5. The number of aromatic nitrogens is 1. The quantitative estimate of drug-likeness (QED) is 0.689. The molecule has 4 rings (SSSR count). The summed E-state index contributed by atoms with van der Waals surface area (Å²) in [5.74, 6) is 0.130. The van der Waals surface area contributed by atoms with Crippen LogP contribution in [0, 0.1) is 12.8 Å². The van der Waals surface area contributed by atoms with Gasteiger partial charge in [-0.1, -0.05) is 48.5 Å². The summed E-state index contributed by atoms with van der Waals surface area (Å²) in [4.78, 5) is 32.4. The summed E-state index contributed by atoms with van der Waals surface area (Å²) in [5, 5.41) is 0.871. The molecule has 1 aromatic heterocycles. The van der Waals surface area contributed by atoms with Crippen LogP contribution in [0.4, 0.5) is 0 Å². The van der Waals surface area contributed by atoms with E-state index < -0.39 is 0 Å². The number of nitrogens with zero attached hydrogens (tertiary/aromatic N) is 2. The first-order valence-electron chi connectivity index (χ1n) is 9.84. The van der Waals surface area contributed by atoms with Crippen LogP contribution < -0.4 is 0 Å². The molecule has 1 atom stereocenters. The SMILES string of the molecule is Cc1cc(C(=O)N2CCC[C@@H](C(=O)Cc3ccccc3)C2)c2ccccc2n1. The van der Waals surface area contributed by atoms with Gasteiger partial charge in [-0.3, -0.25) is 14.6 Å². The number of carbonyl (C=O) groups excluding carboxylic acids is 2. The van der Waals surface area contributed by atoms with E-state index in [1.54, 1.807) is 0 Å². The van der Waals surface area contributed by atoms with Crippen molar-refractivity contribution in [3.05, 3.63) is 77.5 Å². The first-order chi connectivity index (χ1) is 13.6. The minimum absolute atomic E-state index is 0.00101. The molecule has 0 saturated carbocycles. The first kappa shape index (κ1) is 18.4. The number of carbonyl (C=O) groups is 2. The molecular formula is C24H24N2O2. The van der Waals surface area contributed by atoms with Gasteiger partial charge in [0.2, 0.25) is 0 Å². The van der Waals surface area contributed by atoms with E-state index in [0.717, 1.165) is 35.0 Å². The van der Waals surface area contributed by atoms with E-state index in [4.69, 9.17) is 0 Å². The fourth-order valence-corrected chi connectivity index (χ4v) is 4.02. The van der Waals surface area contributed by atoms with Gasteiger partial charge in [-0.2, -0.15) is 0 Å². The number of likely N-dealkylation sites (tertiary alicyclic amines) is 1. The van der Waals surface area contributed by atoms with Gasteiger partial charge in [0, 0.05) is 36.5 Å². The van der Waals surface area contributed by atoms with Crippen LogP contribution in [0.5, 0.6) is 0 Å². The zero-order valence-corrected chi connectivity index (χ0v) is 16.1. The van der Waals surface area contributed by atoms with Crippen LogP contribution >= 0.6 is 0 Å². The summed E-state index contributed by atoms with van der Waals surface area (Å²) in [5.41, 5.74) is 3.38. The predicted molar refractivity (Wildman–Crippen MR) is 110 cm³/mol. The summed E-state index contributed by atoms with van der Waals surface area (Å²) < 4.78 is 0. The molecule has 1 saturated heterocycles. The fraction of sp³-hybridized carbons (Fsp3) is 0.292. The molecule has 28 heavy (non-hydrogen) atoms. The normalized spacial score (nSPS) is 16.9. The van der Waals surface area contributed by atoms with Crippen LogP contribution in [0.2, 0.25) is 0 Å². The van der Waals surface area contributed by atoms with Crippen molar-refractivity contribution in [2.75, 3.05) is 13.1 Å². The van der Waals surface area contributed by atoms with E-state index in [-0.39, 0.29) is 17.6 Å². The molecule has 1 fully saturated rings. The van der Waals surface area contributed by atoms with E-state index in [9.17, 15) is 9.59 Å². The van der Waals surface area contributed by atoms with Crippen LogP contribution in [0.3, 0.4) is 0 Å². The number of hydrogen-bond donors (Lipinski definition) is 0. The third-order valence-electron chi connectivity index (χ3n) is 5.46. The Morgan fingerprint density at radius 2 is 1.82 bits per heavy atom. The highest BCUT2D eigenvalue weighted by Gasteiger charge is 2.29. The molecule has 4 heteroatoms. The summed E-state index contributed by atoms with van der Waals surface area (Å²) in [6.45, 7) is 3.11. The monoisotopic (exact) mass is 372 g/mol. The molecule has 1 aliphatic heterocycles. The molecular weight excluding hydrogens is 348 g/mol. The number of piperidine rings is 1. The summed E-state index contributed by atoms with van der Waals surface area (Å²) in [6.07, 6.45) is 2.15.